The van der Waals surface area contributed by atoms with Crippen LogP contribution in [0.3, 0.4) is 0 Å². The molecule has 3 aromatic rings. The molecule has 3 aromatic carbocycles. The van der Waals surface area contributed by atoms with E-state index in [4.69, 9.17) is 0 Å². The zero-order chi connectivity index (χ0) is 24.3. The van der Waals surface area contributed by atoms with Gasteiger partial charge in [-0.05, 0) is 54.1 Å². The normalized spacial score (nSPS) is 17.8. The number of carbonyl (C=O) groups excluding carboxylic acids is 1. The highest BCUT2D eigenvalue weighted by Crippen LogP contribution is 2.49. The molecule has 174 valence electrons. The molecule has 2 unspecified atom stereocenters. The lowest BCUT2D eigenvalue weighted by atomic mass is 9.80. The van der Waals surface area contributed by atoms with Crippen molar-refractivity contribution in [1.29, 1.82) is 0 Å². The Kier molecular flexibility index (Phi) is 6.82. The molecule has 1 amide bonds. The van der Waals surface area contributed by atoms with Gasteiger partial charge >= 0.3 is 0 Å². The maximum atomic E-state index is 12.2. The lowest BCUT2D eigenvalue weighted by Crippen LogP contribution is -2.37. The van der Waals surface area contributed by atoms with Crippen LogP contribution in [-0.2, 0) is 21.3 Å². The van der Waals surface area contributed by atoms with E-state index in [0.717, 1.165) is 22.6 Å². The van der Waals surface area contributed by atoms with Crippen LogP contribution < -0.4 is 9.80 Å². The molecule has 1 aliphatic rings. The van der Waals surface area contributed by atoms with Crippen molar-refractivity contribution in [2.24, 2.45) is 0 Å². The summed E-state index contributed by atoms with van der Waals surface area (Å²) >= 11 is -2.04. The minimum absolute atomic E-state index is 0.0422. The lowest BCUT2D eigenvalue weighted by molar-refractivity contribution is -0.116. The van der Waals surface area contributed by atoms with Gasteiger partial charge in [-0.2, -0.15) is 0 Å². The molecule has 6 heteroatoms. The highest BCUT2D eigenvalue weighted by molar-refractivity contribution is 7.79. The molecule has 1 aliphatic heterocycles. The van der Waals surface area contributed by atoms with Crippen LogP contribution in [0.2, 0.25) is 0 Å². The van der Waals surface area contributed by atoms with Gasteiger partial charge < -0.3 is 9.45 Å². The number of anilines is 3. The summed E-state index contributed by atoms with van der Waals surface area (Å²) in [5.74, 6) is -0.0695. The number of hydrogen-bond donors (Lipinski definition) is 1. The van der Waals surface area contributed by atoms with Crippen LogP contribution in [0.15, 0.2) is 108 Å². The Morgan fingerprint density at radius 3 is 2.26 bits per heavy atom. The summed E-state index contributed by atoms with van der Waals surface area (Å²) in [6.07, 6.45) is 7.70. The summed E-state index contributed by atoms with van der Waals surface area (Å²) in [5.41, 5.74) is 3.55. The van der Waals surface area contributed by atoms with Crippen molar-refractivity contribution in [3.8, 4) is 0 Å². The summed E-state index contributed by atoms with van der Waals surface area (Å²) in [6, 6.07) is 25.0. The Hall–Kier alpha value is -3.48. The quantitative estimate of drug-likeness (QED) is 0.343. The smallest absolute Gasteiger partial charge is 0.227 e. The summed E-state index contributed by atoms with van der Waals surface area (Å²) in [7, 11) is 0. The average molecular weight is 473 g/mol. The molecule has 0 saturated heterocycles. The summed E-state index contributed by atoms with van der Waals surface area (Å²) in [4.78, 5) is 16.4. The fourth-order valence-corrected chi connectivity index (χ4v) is 4.87. The average Bonchev–Trinajstić information content (AvgIpc) is 3.05. The summed E-state index contributed by atoms with van der Waals surface area (Å²) in [6.45, 7) is 5.82. The Morgan fingerprint density at radius 2 is 1.65 bits per heavy atom. The van der Waals surface area contributed by atoms with E-state index in [2.05, 4.69) is 37.0 Å². The molecule has 0 radical (unpaired) electrons. The van der Waals surface area contributed by atoms with Gasteiger partial charge in [0.2, 0.25) is 5.91 Å². The van der Waals surface area contributed by atoms with Gasteiger partial charge in [0.25, 0.3) is 0 Å². The number of hydrogen-bond acceptors (Lipinski definition) is 3. The van der Waals surface area contributed by atoms with Crippen molar-refractivity contribution >= 4 is 34.0 Å². The predicted molar refractivity (Wildman–Crippen MR) is 139 cm³/mol. The number of rotatable bonds is 6. The molecule has 0 bridgehead atoms. The standard InChI is InChI=1S/C28H28N2O3S/c1-21(31)29(22-12-6-4-7-13-22)19-11-10-16-27-28(2,3)25-20-24(34(32)33)17-18-26(25)30(27)23-14-8-5-9-15-23/h4-20,27H,1-3H3,(H,32,33)/b16-10+,19-11+. The predicted octanol–water partition coefficient (Wildman–Crippen LogP) is 6.19. The molecule has 5 nitrogen and oxygen atoms in total. The maximum Gasteiger partial charge on any atom is 0.227 e. The Balaban J connectivity index is 1.70. The van der Waals surface area contributed by atoms with E-state index in [1.807, 2.05) is 72.8 Å². The molecule has 0 aliphatic carbocycles. The molecule has 34 heavy (non-hydrogen) atoms. The van der Waals surface area contributed by atoms with Crippen LogP contribution in [-0.4, -0.2) is 20.7 Å². The van der Waals surface area contributed by atoms with Crippen molar-refractivity contribution in [3.05, 3.63) is 109 Å². The van der Waals surface area contributed by atoms with Crippen molar-refractivity contribution in [1.82, 2.24) is 0 Å². The molecular formula is C28H28N2O3S. The van der Waals surface area contributed by atoms with E-state index < -0.39 is 11.1 Å². The van der Waals surface area contributed by atoms with E-state index in [-0.39, 0.29) is 17.4 Å². The van der Waals surface area contributed by atoms with Crippen LogP contribution in [0.4, 0.5) is 17.1 Å². The van der Waals surface area contributed by atoms with E-state index in [9.17, 15) is 13.6 Å². The van der Waals surface area contributed by atoms with E-state index in [1.165, 1.54) is 6.92 Å². The molecule has 0 fully saturated rings. The van der Waals surface area contributed by atoms with Crippen LogP contribution in [0, 0.1) is 0 Å². The Labute approximate surface area is 203 Å². The Bertz CT molecular complexity index is 1250. The van der Waals surface area contributed by atoms with E-state index >= 15 is 0 Å². The van der Waals surface area contributed by atoms with Gasteiger partial charge in [0, 0.05) is 35.6 Å². The van der Waals surface area contributed by atoms with Crippen molar-refractivity contribution < 1.29 is 13.6 Å². The second kappa shape index (κ2) is 9.79. The summed E-state index contributed by atoms with van der Waals surface area (Å²) < 4.78 is 21.4. The van der Waals surface area contributed by atoms with Gasteiger partial charge in [0.05, 0.1) is 10.9 Å². The first-order valence-corrected chi connectivity index (χ1v) is 12.2. The number of benzene rings is 3. The number of para-hydroxylation sites is 2. The van der Waals surface area contributed by atoms with Crippen molar-refractivity contribution in [2.45, 2.75) is 37.1 Å². The first-order chi connectivity index (χ1) is 16.3. The third-order valence-electron chi connectivity index (χ3n) is 6.19. The zero-order valence-electron chi connectivity index (χ0n) is 19.5. The molecule has 0 saturated carbocycles. The molecule has 4 rings (SSSR count). The highest BCUT2D eigenvalue weighted by Gasteiger charge is 2.44. The van der Waals surface area contributed by atoms with Crippen molar-refractivity contribution in [3.63, 3.8) is 0 Å². The van der Waals surface area contributed by atoms with E-state index in [0.29, 0.717) is 4.90 Å². The van der Waals surface area contributed by atoms with Crippen LogP contribution in [0.1, 0.15) is 26.3 Å². The van der Waals surface area contributed by atoms with Crippen LogP contribution in [0.5, 0.6) is 0 Å². The SMILES string of the molecule is CC(=O)N(/C=C/C=C/C1N(c2ccccc2)c2ccc(S(=O)O)cc2C1(C)C)c1ccccc1. The first kappa shape index (κ1) is 23.7. The number of nitrogens with zero attached hydrogens (tertiary/aromatic N) is 2. The summed E-state index contributed by atoms with van der Waals surface area (Å²) in [5, 5.41) is 0. The monoisotopic (exact) mass is 472 g/mol. The number of allylic oxidation sites excluding steroid dienone is 2. The zero-order valence-corrected chi connectivity index (χ0v) is 20.3. The molecule has 1 N–H and O–H groups in total. The topological polar surface area (TPSA) is 60.9 Å². The van der Waals surface area contributed by atoms with Gasteiger partial charge in [-0.15, -0.1) is 0 Å². The van der Waals surface area contributed by atoms with Gasteiger partial charge in [0.15, 0.2) is 11.1 Å². The molecule has 1 heterocycles. The van der Waals surface area contributed by atoms with Gasteiger partial charge in [-0.25, -0.2) is 4.21 Å². The molecule has 0 aromatic heterocycles. The first-order valence-electron chi connectivity index (χ1n) is 11.1. The molecule has 2 atom stereocenters. The number of carbonyl (C=O) groups is 1. The molecular weight excluding hydrogens is 444 g/mol. The largest absolute Gasteiger partial charge is 0.333 e. The lowest BCUT2D eigenvalue weighted by Gasteiger charge is -2.32. The fraction of sp³-hybridized carbons (Fsp3) is 0.179. The van der Waals surface area contributed by atoms with Crippen LogP contribution >= 0.6 is 0 Å². The second-order valence-corrected chi connectivity index (χ2v) is 9.72. The van der Waals surface area contributed by atoms with Crippen LogP contribution in [0.25, 0.3) is 0 Å². The van der Waals surface area contributed by atoms with Gasteiger partial charge in [0.1, 0.15) is 0 Å². The second-order valence-electron chi connectivity index (χ2n) is 8.75. The fourth-order valence-electron chi connectivity index (χ4n) is 4.46. The molecule has 0 spiro atoms. The van der Waals surface area contributed by atoms with Gasteiger partial charge in [-0.1, -0.05) is 62.4 Å². The highest BCUT2D eigenvalue weighted by atomic mass is 32.2. The minimum atomic E-state index is -2.04. The van der Waals surface area contributed by atoms with Gasteiger partial charge in [-0.3, -0.25) is 9.69 Å². The number of fused-ring (bicyclic) bond motifs is 1. The van der Waals surface area contributed by atoms with E-state index in [1.54, 1.807) is 17.2 Å². The Morgan fingerprint density at radius 1 is 1.00 bits per heavy atom. The van der Waals surface area contributed by atoms with Crippen molar-refractivity contribution in [2.75, 3.05) is 9.80 Å². The third-order valence-corrected chi connectivity index (χ3v) is 6.85. The maximum absolute atomic E-state index is 12.2. The number of amides is 1. The third kappa shape index (κ3) is 4.60. The minimum Gasteiger partial charge on any atom is -0.333 e.